The van der Waals surface area contributed by atoms with E-state index in [1.807, 2.05) is 67.8 Å². The van der Waals surface area contributed by atoms with E-state index in [1.54, 1.807) is 6.20 Å². The summed E-state index contributed by atoms with van der Waals surface area (Å²) in [6.45, 7) is 6.51. The van der Waals surface area contributed by atoms with Crippen LogP contribution in [0.15, 0.2) is 53.8 Å². The number of para-hydroxylation sites is 2. The Labute approximate surface area is 174 Å². The van der Waals surface area contributed by atoms with Gasteiger partial charge in [0.15, 0.2) is 11.0 Å². The molecule has 1 aromatic carbocycles. The van der Waals surface area contributed by atoms with Crippen LogP contribution in [0, 0.1) is 0 Å². The Morgan fingerprint density at radius 3 is 2.69 bits per heavy atom. The van der Waals surface area contributed by atoms with Crippen molar-refractivity contribution in [2.45, 2.75) is 38.4 Å². The molecule has 1 amide bonds. The molecule has 29 heavy (non-hydrogen) atoms. The summed E-state index contributed by atoms with van der Waals surface area (Å²) >= 11 is 1.34. The molecule has 0 unspecified atom stereocenters. The van der Waals surface area contributed by atoms with Crippen LogP contribution in [0.2, 0.25) is 0 Å². The van der Waals surface area contributed by atoms with Gasteiger partial charge in [0.05, 0.1) is 18.0 Å². The molecule has 0 fully saturated rings. The smallest absolute Gasteiger partial charge is 0.230 e. The van der Waals surface area contributed by atoms with E-state index in [0.29, 0.717) is 23.3 Å². The summed E-state index contributed by atoms with van der Waals surface area (Å²) in [7, 11) is 0. The highest BCUT2D eigenvalue weighted by Gasteiger charge is 2.20. The first kappa shape index (κ1) is 20.9. The lowest BCUT2D eigenvalue weighted by atomic mass is 10.2. The monoisotopic (exact) mass is 411 g/mol. The summed E-state index contributed by atoms with van der Waals surface area (Å²) in [4.78, 5) is 16.7. The number of amides is 1. The number of rotatable bonds is 9. The molecule has 8 heteroatoms. The van der Waals surface area contributed by atoms with Gasteiger partial charge >= 0.3 is 0 Å². The molecule has 152 valence electrons. The Morgan fingerprint density at radius 1 is 1.17 bits per heavy atom. The van der Waals surface area contributed by atoms with E-state index >= 15 is 0 Å². The van der Waals surface area contributed by atoms with Crippen LogP contribution in [0.4, 0.5) is 0 Å². The minimum atomic E-state index is -0.0311. The SMILES string of the molecule is CCOc1ccccc1-n1c(SCC(=O)N[C@H](C)CC)nnc1-c1ccccn1. The van der Waals surface area contributed by atoms with Gasteiger partial charge in [0.25, 0.3) is 0 Å². The molecular weight excluding hydrogens is 386 g/mol. The zero-order valence-electron chi connectivity index (χ0n) is 16.8. The Bertz CT molecular complexity index is 945. The van der Waals surface area contributed by atoms with E-state index in [1.165, 1.54) is 11.8 Å². The van der Waals surface area contributed by atoms with Crippen molar-refractivity contribution in [1.29, 1.82) is 0 Å². The number of carbonyl (C=O) groups excluding carboxylic acids is 1. The number of nitrogens with zero attached hydrogens (tertiary/aromatic N) is 4. The van der Waals surface area contributed by atoms with E-state index in [4.69, 9.17) is 4.74 Å². The minimum absolute atomic E-state index is 0.0311. The van der Waals surface area contributed by atoms with E-state index in [2.05, 4.69) is 20.5 Å². The number of pyridine rings is 1. The molecule has 0 saturated carbocycles. The third-order valence-corrected chi connectivity index (χ3v) is 5.21. The topological polar surface area (TPSA) is 81.9 Å². The molecule has 0 bridgehead atoms. The molecule has 1 N–H and O–H groups in total. The van der Waals surface area contributed by atoms with Gasteiger partial charge in [-0.05, 0) is 44.5 Å². The molecule has 7 nitrogen and oxygen atoms in total. The molecule has 3 aromatic rings. The lowest BCUT2D eigenvalue weighted by Gasteiger charge is -2.15. The second-order valence-corrected chi connectivity index (χ2v) is 7.37. The summed E-state index contributed by atoms with van der Waals surface area (Å²) < 4.78 is 7.71. The summed E-state index contributed by atoms with van der Waals surface area (Å²) in [5.41, 5.74) is 1.51. The van der Waals surface area contributed by atoms with Crippen molar-refractivity contribution >= 4 is 17.7 Å². The van der Waals surface area contributed by atoms with Gasteiger partial charge in [-0.3, -0.25) is 14.3 Å². The third kappa shape index (κ3) is 5.14. The molecule has 1 atom stereocenters. The lowest BCUT2D eigenvalue weighted by Crippen LogP contribution is -2.33. The number of aromatic nitrogens is 4. The van der Waals surface area contributed by atoms with E-state index < -0.39 is 0 Å². The van der Waals surface area contributed by atoms with Crippen LogP contribution in [0.3, 0.4) is 0 Å². The van der Waals surface area contributed by atoms with Gasteiger partial charge in [0.1, 0.15) is 11.4 Å². The predicted octanol–water partition coefficient (Wildman–Crippen LogP) is 3.73. The number of hydrogen-bond acceptors (Lipinski definition) is 6. The molecule has 2 heterocycles. The van der Waals surface area contributed by atoms with Crippen molar-refractivity contribution in [2.75, 3.05) is 12.4 Å². The van der Waals surface area contributed by atoms with Crippen LogP contribution >= 0.6 is 11.8 Å². The Kier molecular flexibility index (Phi) is 7.24. The van der Waals surface area contributed by atoms with Crippen LogP contribution in [0.1, 0.15) is 27.2 Å². The van der Waals surface area contributed by atoms with Gasteiger partial charge in [0, 0.05) is 12.2 Å². The number of nitrogens with one attached hydrogen (secondary N) is 1. The largest absolute Gasteiger partial charge is 0.492 e. The van der Waals surface area contributed by atoms with Crippen molar-refractivity contribution in [1.82, 2.24) is 25.1 Å². The number of thioether (sulfide) groups is 1. The number of benzene rings is 1. The van der Waals surface area contributed by atoms with Gasteiger partial charge in [-0.25, -0.2) is 0 Å². The average molecular weight is 412 g/mol. The maximum Gasteiger partial charge on any atom is 0.230 e. The highest BCUT2D eigenvalue weighted by Crippen LogP contribution is 2.32. The summed E-state index contributed by atoms with van der Waals surface area (Å²) in [6, 6.07) is 13.5. The van der Waals surface area contributed by atoms with E-state index in [9.17, 15) is 4.79 Å². The molecule has 0 radical (unpaired) electrons. The van der Waals surface area contributed by atoms with Crippen molar-refractivity contribution in [3.8, 4) is 23.0 Å². The fraction of sp³-hybridized carbons (Fsp3) is 0.333. The number of carbonyl (C=O) groups is 1. The average Bonchev–Trinajstić information content (AvgIpc) is 3.17. The predicted molar refractivity (Wildman–Crippen MR) is 114 cm³/mol. The van der Waals surface area contributed by atoms with Crippen molar-refractivity contribution in [2.24, 2.45) is 0 Å². The maximum atomic E-state index is 12.3. The summed E-state index contributed by atoms with van der Waals surface area (Å²) in [5.74, 6) is 1.54. The number of hydrogen-bond donors (Lipinski definition) is 1. The van der Waals surface area contributed by atoms with Gasteiger partial charge in [-0.2, -0.15) is 0 Å². The highest BCUT2D eigenvalue weighted by molar-refractivity contribution is 7.99. The van der Waals surface area contributed by atoms with Crippen LogP contribution in [-0.2, 0) is 4.79 Å². The third-order valence-electron chi connectivity index (χ3n) is 4.29. The Morgan fingerprint density at radius 2 is 1.97 bits per heavy atom. The minimum Gasteiger partial charge on any atom is -0.492 e. The zero-order valence-corrected chi connectivity index (χ0v) is 17.6. The highest BCUT2D eigenvalue weighted by atomic mass is 32.2. The van der Waals surface area contributed by atoms with Crippen LogP contribution < -0.4 is 10.1 Å². The summed E-state index contributed by atoms with van der Waals surface area (Å²) in [5, 5.41) is 12.3. The van der Waals surface area contributed by atoms with Gasteiger partial charge in [-0.1, -0.05) is 36.9 Å². The first-order valence-corrected chi connectivity index (χ1v) is 10.6. The Hall–Kier alpha value is -2.87. The van der Waals surface area contributed by atoms with E-state index in [0.717, 1.165) is 17.9 Å². The molecule has 0 saturated heterocycles. The van der Waals surface area contributed by atoms with E-state index in [-0.39, 0.29) is 17.7 Å². The standard InChI is InChI=1S/C21H25N5O2S/c1-4-15(3)23-19(27)14-29-21-25-24-20(16-10-8-9-13-22-16)26(21)17-11-6-7-12-18(17)28-5-2/h6-13,15H,4-5,14H2,1-3H3,(H,23,27)/t15-/m1/s1. The molecular formula is C21H25N5O2S. The number of ether oxygens (including phenoxy) is 1. The van der Waals surface area contributed by atoms with Gasteiger partial charge < -0.3 is 10.1 Å². The zero-order chi connectivity index (χ0) is 20.6. The van der Waals surface area contributed by atoms with Gasteiger partial charge in [0.2, 0.25) is 5.91 Å². The maximum absolute atomic E-state index is 12.3. The normalized spacial score (nSPS) is 11.8. The first-order chi connectivity index (χ1) is 14.1. The summed E-state index contributed by atoms with van der Waals surface area (Å²) in [6.07, 6.45) is 2.60. The van der Waals surface area contributed by atoms with Crippen molar-refractivity contribution in [3.05, 3.63) is 48.7 Å². The fourth-order valence-corrected chi connectivity index (χ4v) is 3.47. The quantitative estimate of drug-likeness (QED) is 0.540. The lowest BCUT2D eigenvalue weighted by molar-refractivity contribution is -0.119. The van der Waals surface area contributed by atoms with Crippen LogP contribution in [0.5, 0.6) is 5.75 Å². The molecule has 0 aliphatic rings. The van der Waals surface area contributed by atoms with Crippen molar-refractivity contribution < 1.29 is 9.53 Å². The van der Waals surface area contributed by atoms with Crippen molar-refractivity contribution in [3.63, 3.8) is 0 Å². The second kappa shape index (κ2) is 10.1. The fourth-order valence-electron chi connectivity index (χ4n) is 2.71. The first-order valence-electron chi connectivity index (χ1n) is 9.65. The molecule has 2 aromatic heterocycles. The molecule has 0 spiro atoms. The second-order valence-electron chi connectivity index (χ2n) is 6.42. The molecule has 0 aliphatic heterocycles. The molecule has 3 rings (SSSR count). The molecule has 0 aliphatic carbocycles. The van der Waals surface area contributed by atoms with Gasteiger partial charge in [-0.15, -0.1) is 10.2 Å². The Balaban J connectivity index is 1.98. The van der Waals surface area contributed by atoms with Crippen LogP contribution in [0.25, 0.3) is 17.2 Å². The van der Waals surface area contributed by atoms with Crippen LogP contribution in [-0.4, -0.2) is 44.1 Å².